The maximum Gasteiger partial charge on any atom is 0.335 e. The Labute approximate surface area is 170 Å². The number of methoxy groups -OCH3 is 1. The molecule has 3 rings (SSSR count). The SMILES string of the molecule is COCOC1CCN(CC(c2ccccc2)N(C)c2ccc(C(=O)O)cc2F)C1. The first-order valence-corrected chi connectivity index (χ1v) is 9.63. The number of carbonyl (C=O) groups is 1. The van der Waals surface area contributed by atoms with Crippen LogP contribution in [0.25, 0.3) is 0 Å². The van der Waals surface area contributed by atoms with Crippen LogP contribution in [0.4, 0.5) is 10.1 Å². The molecule has 0 radical (unpaired) electrons. The molecule has 29 heavy (non-hydrogen) atoms. The van der Waals surface area contributed by atoms with Crippen molar-refractivity contribution >= 4 is 11.7 Å². The van der Waals surface area contributed by atoms with Gasteiger partial charge in [-0.15, -0.1) is 0 Å². The number of likely N-dealkylation sites (tertiary alicyclic amines) is 1. The average Bonchev–Trinajstić information content (AvgIpc) is 3.18. The van der Waals surface area contributed by atoms with E-state index < -0.39 is 11.8 Å². The number of carboxylic acids is 1. The summed E-state index contributed by atoms with van der Waals surface area (Å²) >= 11 is 0. The van der Waals surface area contributed by atoms with E-state index in [1.165, 1.54) is 12.1 Å². The Balaban J connectivity index is 1.80. The predicted octanol–water partition coefficient (Wildman–Crippen LogP) is 3.40. The zero-order valence-electron chi connectivity index (χ0n) is 16.8. The van der Waals surface area contributed by atoms with Crippen molar-refractivity contribution in [1.82, 2.24) is 4.90 Å². The van der Waals surface area contributed by atoms with Crippen LogP contribution in [-0.2, 0) is 9.47 Å². The van der Waals surface area contributed by atoms with Crippen molar-refractivity contribution in [2.75, 3.05) is 45.5 Å². The molecule has 2 aromatic rings. The van der Waals surface area contributed by atoms with Crippen molar-refractivity contribution in [2.45, 2.75) is 18.6 Å². The van der Waals surface area contributed by atoms with Gasteiger partial charge < -0.3 is 19.5 Å². The second-order valence-electron chi connectivity index (χ2n) is 7.25. The lowest BCUT2D eigenvalue weighted by atomic mass is 10.0. The highest BCUT2D eigenvalue weighted by atomic mass is 19.1. The number of nitrogens with zero attached hydrogens (tertiary/aromatic N) is 2. The molecule has 0 spiro atoms. The highest BCUT2D eigenvalue weighted by molar-refractivity contribution is 5.88. The van der Waals surface area contributed by atoms with E-state index in [9.17, 15) is 9.18 Å². The molecule has 2 aromatic carbocycles. The van der Waals surface area contributed by atoms with E-state index in [4.69, 9.17) is 14.6 Å². The number of likely N-dealkylation sites (N-methyl/N-ethyl adjacent to an activating group) is 1. The second-order valence-corrected chi connectivity index (χ2v) is 7.25. The number of hydrogen-bond acceptors (Lipinski definition) is 5. The van der Waals surface area contributed by atoms with Crippen molar-refractivity contribution in [3.05, 3.63) is 65.5 Å². The van der Waals surface area contributed by atoms with Gasteiger partial charge in [0.15, 0.2) is 0 Å². The third kappa shape index (κ3) is 5.32. The topological polar surface area (TPSA) is 62.2 Å². The number of rotatable bonds is 9. The van der Waals surface area contributed by atoms with Crippen molar-refractivity contribution in [1.29, 1.82) is 0 Å². The Bertz CT molecular complexity index is 818. The fourth-order valence-corrected chi connectivity index (χ4v) is 3.73. The summed E-state index contributed by atoms with van der Waals surface area (Å²) in [6.45, 7) is 2.67. The average molecular weight is 402 g/mol. The van der Waals surface area contributed by atoms with Crippen LogP contribution in [0.2, 0.25) is 0 Å². The lowest BCUT2D eigenvalue weighted by Gasteiger charge is -2.34. The quantitative estimate of drug-likeness (QED) is 0.649. The molecule has 0 aliphatic carbocycles. The molecular weight excluding hydrogens is 375 g/mol. The minimum Gasteiger partial charge on any atom is -0.478 e. The van der Waals surface area contributed by atoms with E-state index >= 15 is 0 Å². The maximum atomic E-state index is 14.7. The molecule has 0 bridgehead atoms. The Hall–Kier alpha value is -2.48. The summed E-state index contributed by atoms with van der Waals surface area (Å²) in [7, 11) is 3.45. The van der Waals surface area contributed by atoms with Crippen molar-refractivity contribution in [3.63, 3.8) is 0 Å². The van der Waals surface area contributed by atoms with Gasteiger partial charge in [0.25, 0.3) is 0 Å². The molecule has 2 atom stereocenters. The van der Waals surface area contributed by atoms with Crippen LogP contribution in [0.3, 0.4) is 0 Å². The summed E-state index contributed by atoms with van der Waals surface area (Å²) in [6.07, 6.45) is 1.05. The minimum atomic E-state index is -1.14. The highest BCUT2D eigenvalue weighted by Gasteiger charge is 2.28. The van der Waals surface area contributed by atoms with Crippen LogP contribution in [0, 0.1) is 5.82 Å². The Morgan fingerprint density at radius 2 is 2.07 bits per heavy atom. The summed E-state index contributed by atoms with van der Waals surface area (Å²) < 4.78 is 25.4. The molecule has 2 unspecified atom stereocenters. The molecule has 7 heteroatoms. The molecule has 1 saturated heterocycles. The van der Waals surface area contributed by atoms with Crippen LogP contribution in [-0.4, -0.2) is 62.7 Å². The largest absolute Gasteiger partial charge is 0.478 e. The molecule has 156 valence electrons. The van der Waals surface area contributed by atoms with Gasteiger partial charge in [-0.2, -0.15) is 0 Å². The lowest BCUT2D eigenvalue weighted by molar-refractivity contribution is -0.0671. The molecule has 1 aliphatic rings. The first kappa shape index (κ1) is 21.2. The fraction of sp³-hybridized carbons (Fsp3) is 0.409. The first-order chi connectivity index (χ1) is 14.0. The summed E-state index contributed by atoms with van der Waals surface area (Å²) in [5.41, 5.74) is 1.38. The standard InChI is InChI=1S/C22H27FN2O4/c1-24(20-9-8-17(22(26)27)12-19(20)23)21(16-6-4-3-5-7-16)14-25-11-10-18(13-25)29-15-28-2/h3-9,12,18,21H,10-11,13-15H2,1-2H3,(H,26,27). The van der Waals surface area contributed by atoms with E-state index in [-0.39, 0.29) is 24.5 Å². The summed E-state index contributed by atoms with van der Waals surface area (Å²) in [6, 6.07) is 13.9. The second kappa shape index (κ2) is 9.82. The summed E-state index contributed by atoms with van der Waals surface area (Å²) in [5, 5.41) is 9.09. The Morgan fingerprint density at radius 1 is 1.31 bits per heavy atom. The number of benzene rings is 2. The molecule has 0 amide bonds. The fourth-order valence-electron chi connectivity index (χ4n) is 3.73. The van der Waals surface area contributed by atoms with Gasteiger partial charge in [-0.05, 0) is 30.2 Å². The number of anilines is 1. The number of carboxylic acid groups (broad SMARTS) is 1. The van der Waals surface area contributed by atoms with Crippen molar-refractivity contribution in [2.24, 2.45) is 0 Å². The van der Waals surface area contributed by atoms with Gasteiger partial charge in [0.1, 0.15) is 12.6 Å². The van der Waals surface area contributed by atoms with Crippen molar-refractivity contribution < 1.29 is 23.8 Å². The zero-order valence-corrected chi connectivity index (χ0v) is 16.8. The molecule has 1 fully saturated rings. The van der Waals surface area contributed by atoms with E-state index in [0.717, 1.165) is 31.1 Å². The smallest absolute Gasteiger partial charge is 0.335 e. The molecule has 1 aliphatic heterocycles. The van der Waals surface area contributed by atoms with E-state index in [1.807, 2.05) is 42.3 Å². The predicted molar refractivity (Wildman–Crippen MR) is 109 cm³/mol. The summed E-state index contributed by atoms with van der Waals surface area (Å²) in [4.78, 5) is 15.3. The highest BCUT2D eigenvalue weighted by Crippen LogP contribution is 2.30. The molecular formula is C22H27FN2O4. The van der Waals surface area contributed by atoms with Crippen LogP contribution < -0.4 is 4.90 Å². The van der Waals surface area contributed by atoms with E-state index in [0.29, 0.717) is 12.2 Å². The molecule has 6 nitrogen and oxygen atoms in total. The van der Waals surface area contributed by atoms with E-state index in [2.05, 4.69) is 4.90 Å². The first-order valence-electron chi connectivity index (χ1n) is 9.63. The third-order valence-electron chi connectivity index (χ3n) is 5.31. The number of halogens is 1. The monoisotopic (exact) mass is 402 g/mol. The normalized spacial score (nSPS) is 18.0. The van der Waals surface area contributed by atoms with Crippen LogP contribution in [0.5, 0.6) is 0 Å². The van der Waals surface area contributed by atoms with Crippen molar-refractivity contribution in [3.8, 4) is 0 Å². The van der Waals surface area contributed by atoms with Gasteiger partial charge in [0.2, 0.25) is 0 Å². The number of hydrogen-bond donors (Lipinski definition) is 1. The van der Waals surface area contributed by atoms with Crippen LogP contribution in [0.15, 0.2) is 48.5 Å². The van der Waals surface area contributed by atoms with Gasteiger partial charge in [0.05, 0.1) is 23.4 Å². The third-order valence-corrected chi connectivity index (χ3v) is 5.31. The van der Waals surface area contributed by atoms with Gasteiger partial charge >= 0.3 is 5.97 Å². The van der Waals surface area contributed by atoms with Crippen LogP contribution in [0.1, 0.15) is 28.4 Å². The van der Waals surface area contributed by atoms with Gasteiger partial charge in [-0.25, -0.2) is 9.18 Å². The number of ether oxygens (including phenoxy) is 2. The minimum absolute atomic E-state index is 0.0615. The van der Waals surface area contributed by atoms with Crippen LogP contribution >= 0.6 is 0 Å². The molecule has 0 saturated carbocycles. The molecule has 1 heterocycles. The number of aromatic carboxylic acids is 1. The van der Waals surface area contributed by atoms with Gasteiger partial charge in [-0.1, -0.05) is 30.3 Å². The summed E-state index contributed by atoms with van der Waals surface area (Å²) in [5.74, 6) is -1.69. The van der Waals surface area contributed by atoms with Gasteiger partial charge in [-0.3, -0.25) is 4.90 Å². The van der Waals surface area contributed by atoms with E-state index in [1.54, 1.807) is 7.11 Å². The van der Waals surface area contributed by atoms with Gasteiger partial charge in [0, 0.05) is 33.8 Å². The molecule has 0 aromatic heterocycles. The maximum absolute atomic E-state index is 14.7. The Kier molecular flexibility index (Phi) is 7.19. The zero-order chi connectivity index (χ0) is 20.8. The molecule has 1 N–H and O–H groups in total. The Morgan fingerprint density at radius 3 is 2.72 bits per heavy atom. The lowest BCUT2D eigenvalue weighted by Crippen LogP contribution is -2.36.